The molecule has 3 rings (SSSR count). The highest BCUT2D eigenvalue weighted by molar-refractivity contribution is 6.23. The fourth-order valence-corrected chi connectivity index (χ4v) is 2.75. The first-order chi connectivity index (χ1) is 11.1. The summed E-state index contributed by atoms with van der Waals surface area (Å²) in [6.45, 7) is 4.08. The van der Waals surface area contributed by atoms with Gasteiger partial charge in [-0.2, -0.15) is 0 Å². The van der Waals surface area contributed by atoms with E-state index >= 15 is 0 Å². The summed E-state index contributed by atoms with van der Waals surface area (Å²) < 4.78 is 0. The molecule has 1 atom stereocenters. The summed E-state index contributed by atoms with van der Waals surface area (Å²) in [6, 6.07) is 14.9. The van der Waals surface area contributed by atoms with Crippen LogP contribution in [0.1, 0.15) is 24.5 Å². The van der Waals surface area contributed by atoms with Crippen LogP contribution in [0.3, 0.4) is 0 Å². The molecular formula is C19H20N2O2. The summed E-state index contributed by atoms with van der Waals surface area (Å²) in [5, 5.41) is 3.16. The molecule has 0 saturated carbocycles. The quantitative estimate of drug-likeness (QED) is 0.882. The number of hydrogen-bond acceptors (Lipinski definition) is 3. The number of rotatable bonds is 4. The predicted molar refractivity (Wildman–Crippen MR) is 91.5 cm³/mol. The van der Waals surface area contributed by atoms with E-state index in [9.17, 15) is 9.59 Å². The third kappa shape index (κ3) is 3.11. The minimum Gasteiger partial charge on any atom is -0.373 e. The molecule has 0 radical (unpaired) electrons. The first-order valence-corrected chi connectivity index (χ1v) is 7.87. The van der Waals surface area contributed by atoms with Crippen molar-refractivity contribution >= 4 is 23.2 Å². The second kappa shape index (κ2) is 6.24. The van der Waals surface area contributed by atoms with Crippen LogP contribution in [0.4, 0.5) is 11.4 Å². The van der Waals surface area contributed by atoms with Gasteiger partial charge < -0.3 is 5.32 Å². The van der Waals surface area contributed by atoms with Crippen LogP contribution in [0.2, 0.25) is 0 Å². The van der Waals surface area contributed by atoms with Crippen molar-refractivity contribution in [1.29, 1.82) is 0 Å². The van der Waals surface area contributed by atoms with Crippen LogP contribution in [0.25, 0.3) is 0 Å². The summed E-state index contributed by atoms with van der Waals surface area (Å²) in [7, 11) is 0. The topological polar surface area (TPSA) is 49.4 Å². The zero-order valence-electron chi connectivity index (χ0n) is 13.4. The average Bonchev–Trinajstić information content (AvgIpc) is 2.84. The van der Waals surface area contributed by atoms with Crippen molar-refractivity contribution in [3.8, 4) is 0 Å². The van der Waals surface area contributed by atoms with E-state index in [4.69, 9.17) is 0 Å². The van der Waals surface area contributed by atoms with Crippen molar-refractivity contribution in [3.63, 3.8) is 0 Å². The summed E-state index contributed by atoms with van der Waals surface area (Å²) in [4.78, 5) is 26.1. The lowest BCUT2D eigenvalue weighted by Gasteiger charge is -2.16. The molecule has 2 aromatic rings. The molecule has 0 bridgehead atoms. The maximum atomic E-state index is 12.6. The van der Waals surface area contributed by atoms with Crippen molar-refractivity contribution in [1.82, 2.24) is 0 Å². The van der Waals surface area contributed by atoms with Gasteiger partial charge in [-0.05, 0) is 43.2 Å². The monoisotopic (exact) mass is 308 g/mol. The molecule has 1 aliphatic heterocycles. The van der Waals surface area contributed by atoms with E-state index in [-0.39, 0.29) is 18.2 Å². The molecule has 0 aliphatic carbocycles. The van der Waals surface area contributed by atoms with Gasteiger partial charge in [0.05, 0.1) is 12.1 Å². The lowest BCUT2D eigenvalue weighted by Crippen LogP contribution is -2.34. The highest BCUT2D eigenvalue weighted by Gasteiger charge is 2.39. The van der Waals surface area contributed by atoms with Gasteiger partial charge in [-0.15, -0.1) is 0 Å². The molecule has 1 aliphatic rings. The molecule has 1 fully saturated rings. The Hall–Kier alpha value is -2.62. The standard InChI is InChI=1S/C19H20N2O2/c1-3-14-6-10-16(11-7-14)21-18(22)12-17(19(21)23)20-15-8-4-13(2)5-9-15/h4-11,17,20H,3,12H2,1-2H3/t17-/m0/s1. The van der Waals surface area contributed by atoms with E-state index in [0.717, 1.165) is 17.7 Å². The van der Waals surface area contributed by atoms with E-state index in [0.29, 0.717) is 5.69 Å². The van der Waals surface area contributed by atoms with Crippen molar-refractivity contribution in [2.45, 2.75) is 32.7 Å². The Balaban J connectivity index is 1.77. The molecule has 2 amide bonds. The summed E-state index contributed by atoms with van der Waals surface area (Å²) in [6.07, 6.45) is 1.11. The van der Waals surface area contributed by atoms with E-state index in [1.807, 2.05) is 55.5 Å². The number of benzene rings is 2. The molecule has 0 aromatic heterocycles. The SMILES string of the molecule is CCc1ccc(N2C(=O)C[C@H](Nc3ccc(C)cc3)C2=O)cc1. The highest BCUT2D eigenvalue weighted by Crippen LogP contribution is 2.25. The number of amides is 2. The number of nitrogens with one attached hydrogen (secondary N) is 1. The fourth-order valence-electron chi connectivity index (χ4n) is 2.75. The highest BCUT2D eigenvalue weighted by atomic mass is 16.2. The zero-order valence-corrected chi connectivity index (χ0v) is 13.4. The lowest BCUT2D eigenvalue weighted by atomic mass is 10.1. The molecule has 2 aromatic carbocycles. The number of imide groups is 1. The van der Waals surface area contributed by atoms with Crippen molar-refractivity contribution in [2.75, 3.05) is 10.2 Å². The Kier molecular flexibility index (Phi) is 4.15. The number of carbonyl (C=O) groups is 2. The van der Waals surface area contributed by atoms with E-state index in [1.54, 1.807) is 0 Å². The summed E-state index contributed by atoms with van der Waals surface area (Å²) >= 11 is 0. The van der Waals surface area contributed by atoms with Crippen LogP contribution in [-0.2, 0) is 16.0 Å². The van der Waals surface area contributed by atoms with Gasteiger partial charge in [0.25, 0.3) is 5.91 Å². The van der Waals surface area contributed by atoms with Gasteiger partial charge in [0.15, 0.2) is 0 Å². The first-order valence-electron chi connectivity index (χ1n) is 7.87. The van der Waals surface area contributed by atoms with Gasteiger partial charge in [-0.25, -0.2) is 4.90 Å². The van der Waals surface area contributed by atoms with Crippen molar-refractivity contribution in [2.24, 2.45) is 0 Å². The second-order valence-electron chi connectivity index (χ2n) is 5.85. The second-order valence-corrected chi connectivity index (χ2v) is 5.85. The van der Waals surface area contributed by atoms with E-state index in [1.165, 1.54) is 10.5 Å². The molecule has 118 valence electrons. The Morgan fingerprint density at radius 2 is 1.70 bits per heavy atom. The van der Waals surface area contributed by atoms with Gasteiger partial charge in [-0.1, -0.05) is 36.8 Å². The van der Waals surface area contributed by atoms with Crippen molar-refractivity contribution in [3.05, 3.63) is 59.7 Å². The summed E-state index contributed by atoms with van der Waals surface area (Å²) in [5.74, 6) is -0.358. The molecule has 0 unspecified atom stereocenters. The van der Waals surface area contributed by atoms with Gasteiger partial charge in [0.1, 0.15) is 6.04 Å². The fraction of sp³-hybridized carbons (Fsp3) is 0.263. The van der Waals surface area contributed by atoms with Gasteiger partial charge >= 0.3 is 0 Å². The molecule has 4 nitrogen and oxygen atoms in total. The minimum atomic E-state index is -0.504. The molecule has 23 heavy (non-hydrogen) atoms. The summed E-state index contributed by atoms with van der Waals surface area (Å²) in [5.41, 5.74) is 3.83. The molecule has 4 heteroatoms. The van der Waals surface area contributed by atoms with Gasteiger partial charge in [0, 0.05) is 5.69 Å². The smallest absolute Gasteiger partial charge is 0.256 e. The van der Waals surface area contributed by atoms with Crippen LogP contribution in [0.15, 0.2) is 48.5 Å². The molecule has 0 spiro atoms. The number of nitrogens with zero attached hydrogens (tertiary/aromatic N) is 1. The molecule has 1 N–H and O–H groups in total. The Labute approximate surface area is 136 Å². The molecule has 1 heterocycles. The first kappa shape index (κ1) is 15.3. The zero-order chi connectivity index (χ0) is 16.4. The number of carbonyl (C=O) groups excluding carboxylic acids is 2. The largest absolute Gasteiger partial charge is 0.373 e. The Bertz CT molecular complexity index is 720. The van der Waals surface area contributed by atoms with E-state index < -0.39 is 6.04 Å². The van der Waals surface area contributed by atoms with Crippen molar-refractivity contribution < 1.29 is 9.59 Å². The van der Waals surface area contributed by atoms with Gasteiger partial charge in [0.2, 0.25) is 5.91 Å². The minimum absolute atomic E-state index is 0.163. The van der Waals surface area contributed by atoms with E-state index in [2.05, 4.69) is 12.2 Å². The third-order valence-corrected chi connectivity index (χ3v) is 4.14. The van der Waals surface area contributed by atoms with Crippen LogP contribution in [0.5, 0.6) is 0 Å². The number of anilines is 2. The molecule has 1 saturated heterocycles. The normalized spacial score (nSPS) is 17.7. The van der Waals surface area contributed by atoms with Crippen LogP contribution >= 0.6 is 0 Å². The number of hydrogen-bond donors (Lipinski definition) is 1. The number of aryl methyl sites for hydroxylation is 2. The molecular weight excluding hydrogens is 288 g/mol. The Morgan fingerprint density at radius 1 is 1.04 bits per heavy atom. The van der Waals surface area contributed by atoms with Crippen LogP contribution in [-0.4, -0.2) is 17.9 Å². The Morgan fingerprint density at radius 3 is 2.30 bits per heavy atom. The van der Waals surface area contributed by atoms with Gasteiger partial charge in [-0.3, -0.25) is 9.59 Å². The average molecular weight is 308 g/mol. The van der Waals surface area contributed by atoms with Crippen LogP contribution in [0, 0.1) is 6.92 Å². The van der Waals surface area contributed by atoms with Crippen LogP contribution < -0.4 is 10.2 Å². The lowest BCUT2D eigenvalue weighted by molar-refractivity contribution is -0.121. The predicted octanol–water partition coefficient (Wildman–Crippen LogP) is 3.30. The maximum absolute atomic E-state index is 12.6. The third-order valence-electron chi connectivity index (χ3n) is 4.14. The maximum Gasteiger partial charge on any atom is 0.256 e.